The van der Waals surface area contributed by atoms with Crippen LogP contribution in [0, 0.1) is 5.41 Å². The topological polar surface area (TPSA) is 95.1 Å². The first kappa shape index (κ1) is 24.7. The van der Waals surface area contributed by atoms with Crippen LogP contribution in [-0.4, -0.2) is 65.7 Å². The van der Waals surface area contributed by atoms with Crippen LogP contribution < -0.4 is 4.31 Å². The summed E-state index contributed by atoms with van der Waals surface area (Å²) < 4.78 is 54.6. The van der Waals surface area contributed by atoms with Gasteiger partial charge in [0.05, 0.1) is 15.5 Å². The number of fused-ring (bicyclic) bond motifs is 2. The SMILES string of the molecule is CN(C)S(=O)(=O)c1ccc(S(=O)(=O)N2CC3(CCN(C(=O)C(C)(C)C)C3)c3ccccc32)cc1. The Kier molecular flexibility index (Phi) is 5.86. The Balaban J connectivity index is 1.69. The Labute approximate surface area is 202 Å². The molecule has 1 fully saturated rings. The van der Waals surface area contributed by atoms with Crippen molar-refractivity contribution in [2.45, 2.75) is 42.4 Å². The summed E-state index contributed by atoms with van der Waals surface area (Å²) in [5.41, 5.74) is 0.551. The second-order valence-corrected chi connectivity index (χ2v) is 14.3. The van der Waals surface area contributed by atoms with E-state index in [0.717, 1.165) is 9.87 Å². The molecule has 0 N–H and O–H groups in total. The fourth-order valence-corrected chi connectivity index (χ4v) is 7.26. The number of hydrogen-bond donors (Lipinski definition) is 0. The van der Waals surface area contributed by atoms with Crippen LogP contribution >= 0.6 is 0 Å². The highest BCUT2D eigenvalue weighted by molar-refractivity contribution is 7.93. The predicted octanol–water partition coefficient (Wildman–Crippen LogP) is 2.66. The van der Waals surface area contributed by atoms with E-state index in [1.165, 1.54) is 42.7 Å². The monoisotopic (exact) mass is 505 g/mol. The standard InChI is InChI=1S/C24H31N3O5S2/c1-23(2,3)22(28)26-15-14-24(16-26)17-27(21-9-7-6-8-20(21)24)34(31,32)19-12-10-18(11-13-19)33(29,30)25(4)5/h6-13H,14-17H2,1-5H3. The van der Waals surface area contributed by atoms with Crippen LogP contribution in [0.15, 0.2) is 58.3 Å². The van der Waals surface area contributed by atoms with Gasteiger partial charge in [-0.25, -0.2) is 21.1 Å². The summed E-state index contributed by atoms with van der Waals surface area (Å²) in [7, 11) is -4.75. The van der Waals surface area contributed by atoms with Gasteiger partial charge in [-0.2, -0.15) is 0 Å². The minimum absolute atomic E-state index is 0.0256. The van der Waals surface area contributed by atoms with Crippen molar-refractivity contribution in [3.63, 3.8) is 0 Å². The smallest absolute Gasteiger partial charge is 0.264 e. The quantitative estimate of drug-likeness (QED) is 0.637. The summed E-state index contributed by atoms with van der Waals surface area (Å²) in [6, 6.07) is 12.8. The third kappa shape index (κ3) is 3.91. The van der Waals surface area contributed by atoms with Crippen LogP contribution in [0.25, 0.3) is 0 Å². The largest absolute Gasteiger partial charge is 0.341 e. The molecule has 1 saturated heterocycles. The summed E-state index contributed by atoms with van der Waals surface area (Å²) in [6.07, 6.45) is 0.678. The molecule has 0 saturated carbocycles. The number of anilines is 1. The summed E-state index contributed by atoms with van der Waals surface area (Å²) in [6.45, 7) is 6.95. The van der Waals surface area contributed by atoms with Gasteiger partial charge < -0.3 is 4.90 Å². The molecule has 0 aliphatic carbocycles. The van der Waals surface area contributed by atoms with E-state index in [-0.39, 0.29) is 22.2 Å². The van der Waals surface area contributed by atoms with Crippen molar-refractivity contribution in [1.82, 2.24) is 9.21 Å². The average molecular weight is 506 g/mol. The van der Waals surface area contributed by atoms with Crippen molar-refractivity contribution in [3.8, 4) is 0 Å². The van der Waals surface area contributed by atoms with Gasteiger partial charge in [0.15, 0.2) is 0 Å². The summed E-state index contributed by atoms with van der Waals surface area (Å²) in [5.74, 6) is 0.0563. The molecule has 2 aliphatic heterocycles. The molecule has 2 heterocycles. The lowest BCUT2D eigenvalue weighted by Crippen LogP contribution is -2.42. The highest BCUT2D eigenvalue weighted by Gasteiger charge is 2.51. The number of nitrogens with zero attached hydrogens (tertiary/aromatic N) is 3. The maximum Gasteiger partial charge on any atom is 0.264 e. The van der Waals surface area contributed by atoms with E-state index in [0.29, 0.717) is 25.2 Å². The van der Waals surface area contributed by atoms with E-state index < -0.39 is 30.9 Å². The number of likely N-dealkylation sites (tertiary alicyclic amines) is 1. The molecule has 4 rings (SSSR count). The first-order valence-electron chi connectivity index (χ1n) is 11.1. The van der Waals surface area contributed by atoms with E-state index in [2.05, 4.69) is 0 Å². The number of sulfonamides is 2. The number of rotatable bonds is 4. The number of benzene rings is 2. The van der Waals surface area contributed by atoms with E-state index in [4.69, 9.17) is 0 Å². The zero-order valence-corrected chi connectivity index (χ0v) is 21.8. The Morgan fingerprint density at radius 3 is 2.09 bits per heavy atom. The van der Waals surface area contributed by atoms with Crippen LogP contribution in [0.5, 0.6) is 0 Å². The third-order valence-electron chi connectivity index (χ3n) is 6.66. The molecule has 10 heteroatoms. The molecule has 184 valence electrons. The van der Waals surface area contributed by atoms with E-state index in [9.17, 15) is 21.6 Å². The van der Waals surface area contributed by atoms with Gasteiger partial charge in [-0.15, -0.1) is 0 Å². The van der Waals surface area contributed by atoms with Crippen LogP contribution in [0.4, 0.5) is 5.69 Å². The molecule has 1 atom stereocenters. The molecule has 1 amide bonds. The minimum Gasteiger partial charge on any atom is -0.341 e. The molecule has 2 aromatic carbocycles. The molecule has 1 spiro atoms. The van der Waals surface area contributed by atoms with Gasteiger partial charge in [0, 0.05) is 44.6 Å². The van der Waals surface area contributed by atoms with Crippen molar-refractivity contribution >= 4 is 31.6 Å². The van der Waals surface area contributed by atoms with Gasteiger partial charge in [0.1, 0.15) is 0 Å². The lowest BCUT2D eigenvalue weighted by atomic mass is 9.81. The molecule has 34 heavy (non-hydrogen) atoms. The maximum absolute atomic E-state index is 13.7. The van der Waals surface area contributed by atoms with Gasteiger partial charge in [0.2, 0.25) is 15.9 Å². The molecule has 8 nitrogen and oxygen atoms in total. The Morgan fingerprint density at radius 2 is 1.50 bits per heavy atom. The van der Waals surface area contributed by atoms with Crippen molar-refractivity contribution < 1.29 is 21.6 Å². The highest BCUT2D eigenvalue weighted by atomic mass is 32.2. The number of hydrogen-bond acceptors (Lipinski definition) is 5. The van der Waals surface area contributed by atoms with Gasteiger partial charge in [-0.3, -0.25) is 9.10 Å². The fourth-order valence-electron chi connectivity index (χ4n) is 4.79. The van der Waals surface area contributed by atoms with Crippen LogP contribution in [-0.2, 0) is 30.3 Å². The number of amides is 1. The van der Waals surface area contributed by atoms with Crippen LogP contribution in [0.1, 0.15) is 32.8 Å². The van der Waals surface area contributed by atoms with Crippen LogP contribution in [0.2, 0.25) is 0 Å². The second-order valence-electron chi connectivity index (χ2n) is 10.3. The van der Waals surface area contributed by atoms with Crippen LogP contribution in [0.3, 0.4) is 0 Å². The summed E-state index contributed by atoms with van der Waals surface area (Å²) in [5, 5.41) is 0. The minimum atomic E-state index is -3.94. The van der Waals surface area contributed by atoms with E-state index in [1.807, 2.05) is 37.8 Å². The molecular weight excluding hydrogens is 474 g/mol. The van der Waals surface area contributed by atoms with Crippen molar-refractivity contribution in [3.05, 3.63) is 54.1 Å². The fraction of sp³-hybridized carbons (Fsp3) is 0.458. The molecular formula is C24H31N3O5S2. The van der Waals surface area contributed by atoms with Crippen molar-refractivity contribution in [2.75, 3.05) is 38.0 Å². The Hall–Kier alpha value is -2.43. The lowest BCUT2D eigenvalue weighted by Gasteiger charge is -2.29. The molecule has 0 radical (unpaired) electrons. The highest BCUT2D eigenvalue weighted by Crippen LogP contribution is 2.48. The molecule has 2 aliphatic rings. The van der Waals surface area contributed by atoms with Gasteiger partial charge in [-0.05, 0) is 42.3 Å². The van der Waals surface area contributed by atoms with E-state index in [1.54, 1.807) is 12.1 Å². The Morgan fingerprint density at radius 1 is 0.912 bits per heavy atom. The molecule has 0 aromatic heterocycles. The van der Waals surface area contributed by atoms with Gasteiger partial charge in [-0.1, -0.05) is 39.0 Å². The van der Waals surface area contributed by atoms with Gasteiger partial charge in [0.25, 0.3) is 10.0 Å². The third-order valence-corrected chi connectivity index (χ3v) is 10.3. The predicted molar refractivity (Wildman–Crippen MR) is 131 cm³/mol. The average Bonchev–Trinajstić information content (AvgIpc) is 3.35. The first-order valence-corrected chi connectivity index (χ1v) is 14.0. The number of carbonyl (C=O) groups is 1. The van der Waals surface area contributed by atoms with Gasteiger partial charge >= 0.3 is 0 Å². The lowest BCUT2D eigenvalue weighted by molar-refractivity contribution is -0.138. The molecule has 1 unspecified atom stereocenters. The Bertz CT molecular complexity index is 1330. The zero-order valence-electron chi connectivity index (χ0n) is 20.1. The number of carbonyl (C=O) groups excluding carboxylic acids is 1. The number of para-hydroxylation sites is 1. The van der Waals surface area contributed by atoms with Crippen molar-refractivity contribution in [1.29, 1.82) is 0 Å². The molecule has 0 bridgehead atoms. The first-order chi connectivity index (χ1) is 15.7. The zero-order chi connectivity index (χ0) is 25.1. The summed E-state index contributed by atoms with van der Waals surface area (Å²) in [4.78, 5) is 14.8. The summed E-state index contributed by atoms with van der Waals surface area (Å²) >= 11 is 0. The maximum atomic E-state index is 13.7. The second kappa shape index (κ2) is 8.07. The molecule has 2 aromatic rings. The normalized spacial score (nSPS) is 20.9. The van der Waals surface area contributed by atoms with E-state index >= 15 is 0 Å². The van der Waals surface area contributed by atoms with Crippen molar-refractivity contribution in [2.24, 2.45) is 5.41 Å².